The van der Waals surface area contributed by atoms with Crippen molar-refractivity contribution in [2.45, 2.75) is 37.8 Å². The average molecular weight is 280 g/mol. The van der Waals surface area contributed by atoms with Gasteiger partial charge in [-0.1, -0.05) is 18.9 Å². The minimum absolute atomic E-state index is 0.0358. The molecule has 1 fully saturated rings. The van der Waals surface area contributed by atoms with Gasteiger partial charge in [0.1, 0.15) is 0 Å². The smallest absolute Gasteiger partial charge is 0.311 e. The number of methoxy groups -OCH3 is 1. The second-order valence-corrected chi connectivity index (χ2v) is 5.30. The van der Waals surface area contributed by atoms with Crippen LogP contribution in [0.15, 0.2) is 18.2 Å². The maximum Gasteiger partial charge on any atom is 0.311 e. The Balaban J connectivity index is 1.96. The van der Waals surface area contributed by atoms with Gasteiger partial charge in [-0.15, -0.1) is 0 Å². The number of nitro benzene ring substituents is 1. The van der Waals surface area contributed by atoms with E-state index >= 15 is 0 Å². The summed E-state index contributed by atoms with van der Waals surface area (Å²) in [6.45, 7) is 1.01. The molecule has 0 aliphatic heterocycles. The predicted molar refractivity (Wildman–Crippen MR) is 74.8 cm³/mol. The lowest BCUT2D eigenvalue weighted by molar-refractivity contribution is -0.385. The summed E-state index contributed by atoms with van der Waals surface area (Å²) >= 11 is 0. The van der Waals surface area contributed by atoms with Crippen LogP contribution < -0.4 is 10.1 Å². The molecule has 1 aliphatic rings. The zero-order valence-corrected chi connectivity index (χ0v) is 11.6. The summed E-state index contributed by atoms with van der Waals surface area (Å²) in [5, 5.41) is 24.3. The van der Waals surface area contributed by atoms with Crippen molar-refractivity contribution in [1.29, 1.82) is 0 Å². The molecular formula is C14H20N2O4. The molecule has 1 aliphatic carbocycles. The number of nitrogens with one attached hydrogen (secondary N) is 1. The first kappa shape index (κ1) is 14.7. The highest BCUT2D eigenvalue weighted by Gasteiger charge is 2.30. The van der Waals surface area contributed by atoms with Crippen molar-refractivity contribution >= 4 is 5.69 Å². The number of benzene rings is 1. The van der Waals surface area contributed by atoms with E-state index in [1.165, 1.54) is 13.2 Å². The van der Waals surface area contributed by atoms with Crippen molar-refractivity contribution in [1.82, 2.24) is 5.32 Å². The summed E-state index contributed by atoms with van der Waals surface area (Å²) in [7, 11) is 1.41. The fourth-order valence-electron chi connectivity index (χ4n) is 2.64. The molecule has 0 amide bonds. The quantitative estimate of drug-likeness (QED) is 0.615. The first-order valence-electron chi connectivity index (χ1n) is 6.78. The van der Waals surface area contributed by atoms with Gasteiger partial charge in [-0.3, -0.25) is 10.1 Å². The van der Waals surface area contributed by atoms with Crippen molar-refractivity contribution in [2.24, 2.45) is 0 Å². The van der Waals surface area contributed by atoms with Gasteiger partial charge in [0.2, 0.25) is 0 Å². The van der Waals surface area contributed by atoms with Crippen molar-refractivity contribution in [3.05, 3.63) is 33.9 Å². The van der Waals surface area contributed by atoms with Gasteiger partial charge in [0.15, 0.2) is 5.75 Å². The van der Waals surface area contributed by atoms with Crippen LogP contribution in [-0.4, -0.2) is 29.3 Å². The molecule has 110 valence electrons. The zero-order chi connectivity index (χ0) is 14.6. The molecule has 20 heavy (non-hydrogen) atoms. The summed E-state index contributed by atoms with van der Waals surface area (Å²) < 4.78 is 4.96. The number of ether oxygens (including phenoxy) is 1. The van der Waals surface area contributed by atoms with E-state index in [-0.39, 0.29) is 11.4 Å². The number of rotatable bonds is 6. The Bertz CT molecular complexity index is 484. The monoisotopic (exact) mass is 280 g/mol. The fraction of sp³-hybridized carbons (Fsp3) is 0.571. The third-order valence-electron chi connectivity index (χ3n) is 3.76. The second-order valence-electron chi connectivity index (χ2n) is 5.30. The van der Waals surface area contributed by atoms with Gasteiger partial charge in [-0.2, -0.15) is 0 Å². The van der Waals surface area contributed by atoms with Gasteiger partial charge in [0.25, 0.3) is 0 Å². The summed E-state index contributed by atoms with van der Waals surface area (Å²) in [4.78, 5) is 10.5. The highest BCUT2D eigenvalue weighted by atomic mass is 16.6. The first-order valence-corrected chi connectivity index (χ1v) is 6.78. The molecule has 0 saturated heterocycles. The molecule has 0 spiro atoms. The minimum atomic E-state index is -0.613. The number of nitrogens with zero attached hydrogens (tertiary/aromatic N) is 1. The maximum absolute atomic E-state index is 10.9. The number of hydrogen-bond donors (Lipinski definition) is 2. The lowest BCUT2D eigenvalue weighted by Crippen LogP contribution is -2.37. The molecule has 2 N–H and O–H groups in total. The Morgan fingerprint density at radius 2 is 2.15 bits per heavy atom. The van der Waals surface area contributed by atoms with E-state index in [0.29, 0.717) is 13.1 Å². The molecule has 6 heteroatoms. The molecule has 1 saturated carbocycles. The third-order valence-corrected chi connectivity index (χ3v) is 3.76. The highest BCUT2D eigenvalue weighted by Crippen LogP contribution is 2.29. The van der Waals surface area contributed by atoms with Crippen molar-refractivity contribution in [2.75, 3.05) is 13.7 Å². The third kappa shape index (κ3) is 3.46. The topological polar surface area (TPSA) is 84.6 Å². The van der Waals surface area contributed by atoms with Crippen molar-refractivity contribution in [3.8, 4) is 5.75 Å². The summed E-state index contributed by atoms with van der Waals surface area (Å²) in [5.41, 5.74) is 0.156. The van der Waals surface area contributed by atoms with Gasteiger partial charge >= 0.3 is 5.69 Å². The van der Waals surface area contributed by atoms with Crippen LogP contribution in [0.2, 0.25) is 0 Å². The van der Waals surface area contributed by atoms with Crippen LogP contribution in [0.3, 0.4) is 0 Å². The van der Waals surface area contributed by atoms with Crippen molar-refractivity contribution in [3.63, 3.8) is 0 Å². The molecule has 6 nitrogen and oxygen atoms in total. The van der Waals surface area contributed by atoms with Gasteiger partial charge in [-0.05, 0) is 24.5 Å². The highest BCUT2D eigenvalue weighted by molar-refractivity contribution is 5.48. The summed E-state index contributed by atoms with van der Waals surface area (Å²) in [6, 6.07) is 4.89. The van der Waals surface area contributed by atoms with Crippen LogP contribution in [0.5, 0.6) is 5.75 Å². The summed E-state index contributed by atoms with van der Waals surface area (Å²) in [6.07, 6.45) is 3.77. The van der Waals surface area contributed by atoms with Crippen LogP contribution >= 0.6 is 0 Å². The van der Waals surface area contributed by atoms with Gasteiger partial charge in [-0.25, -0.2) is 0 Å². The van der Waals surface area contributed by atoms with E-state index in [2.05, 4.69) is 5.32 Å². The van der Waals surface area contributed by atoms with E-state index in [1.54, 1.807) is 12.1 Å². The molecule has 0 unspecified atom stereocenters. The zero-order valence-electron chi connectivity index (χ0n) is 11.6. The fourth-order valence-corrected chi connectivity index (χ4v) is 2.64. The Hall–Kier alpha value is -1.66. The number of nitro groups is 1. The van der Waals surface area contributed by atoms with E-state index in [1.807, 2.05) is 0 Å². The van der Waals surface area contributed by atoms with Crippen LogP contribution in [0.1, 0.15) is 31.2 Å². The molecule has 1 aromatic carbocycles. The second kappa shape index (κ2) is 6.19. The molecular weight excluding hydrogens is 260 g/mol. The lowest BCUT2D eigenvalue weighted by atomic mass is 10.0. The Morgan fingerprint density at radius 3 is 2.75 bits per heavy atom. The Labute approximate surface area is 117 Å². The SMILES string of the molecule is COc1ccc(CNCC2(O)CCCC2)cc1[N+](=O)[O-]. The minimum Gasteiger partial charge on any atom is -0.490 e. The molecule has 1 aromatic rings. The summed E-state index contributed by atoms with van der Waals surface area (Å²) in [5.74, 6) is 0.258. The maximum atomic E-state index is 10.9. The van der Waals surface area contributed by atoms with Crippen molar-refractivity contribution < 1.29 is 14.8 Å². The van der Waals surface area contributed by atoms with Gasteiger partial charge in [0.05, 0.1) is 17.6 Å². The van der Waals surface area contributed by atoms with Gasteiger partial charge in [0, 0.05) is 19.2 Å². The van der Waals surface area contributed by atoms with Crippen LogP contribution in [0, 0.1) is 10.1 Å². The van der Waals surface area contributed by atoms with E-state index < -0.39 is 10.5 Å². The average Bonchev–Trinajstić information content (AvgIpc) is 2.85. The Kier molecular flexibility index (Phi) is 4.57. The predicted octanol–water partition coefficient (Wildman–Crippen LogP) is 2.00. The van der Waals surface area contributed by atoms with E-state index in [0.717, 1.165) is 31.2 Å². The Morgan fingerprint density at radius 1 is 1.45 bits per heavy atom. The van der Waals surface area contributed by atoms with Crippen LogP contribution in [0.25, 0.3) is 0 Å². The molecule has 0 heterocycles. The molecule has 0 atom stereocenters. The lowest BCUT2D eigenvalue weighted by Gasteiger charge is -2.22. The molecule has 0 bridgehead atoms. The normalized spacial score (nSPS) is 17.1. The molecule has 2 rings (SSSR count). The molecule has 0 aromatic heterocycles. The van der Waals surface area contributed by atoms with E-state index in [9.17, 15) is 15.2 Å². The largest absolute Gasteiger partial charge is 0.490 e. The van der Waals surface area contributed by atoms with Crippen LogP contribution in [0.4, 0.5) is 5.69 Å². The van der Waals surface area contributed by atoms with Gasteiger partial charge < -0.3 is 15.2 Å². The van der Waals surface area contributed by atoms with E-state index in [4.69, 9.17) is 4.74 Å². The number of hydrogen-bond acceptors (Lipinski definition) is 5. The first-order chi connectivity index (χ1) is 9.54. The number of aliphatic hydroxyl groups is 1. The standard InChI is InChI=1S/C14H20N2O4/c1-20-13-5-4-11(8-12(13)16(18)19)9-15-10-14(17)6-2-3-7-14/h4-5,8,15,17H,2-3,6-7,9-10H2,1H3. The molecule has 0 radical (unpaired) electrons. The van der Waals surface area contributed by atoms with Crippen LogP contribution in [-0.2, 0) is 6.54 Å².